The van der Waals surface area contributed by atoms with Crippen molar-refractivity contribution in [2.45, 2.75) is 24.9 Å². The van der Waals surface area contributed by atoms with Gasteiger partial charge in [0.2, 0.25) is 0 Å². The number of rotatable bonds is 1. The van der Waals surface area contributed by atoms with E-state index in [9.17, 15) is 18.0 Å². The summed E-state index contributed by atoms with van der Waals surface area (Å²) in [6, 6.07) is 5.56. The number of benzene rings is 1. The molecule has 2 N–H and O–H groups in total. The molecule has 0 saturated heterocycles. The summed E-state index contributed by atoms with van der Waals surface area (Å²) in [5.74, 6) is 0. The summed E-state index contributed by atoms with van der Waals surface area (Å²) in [7, 11) is 0. The van der Waals surface area contributed by atoms with Crippen molar-refractivity contribution in [1.82, 2.24) is 4.98 Å². The number of H-pyrrole nitrogens is 1. The topological polar surface area (TPSA) is 44.9 Å². The van der Waals surface area contributed by atoms with Crippen molar-refractivity contribution >= 4 is 23.0 Å². The standard InChI is InChI=1S/C15H12ClF3N2O/c1-2-14(15(17,18)19)9-5-6-20-13(22)12(9)21-11-4-3-8(16)7-10(11)14/h3-7,21H,2H2,1H3,(H,20,22). The van der Waals surface area contributed by atoms with E-state index in [1.807, 2.05) is 0 Å². The lowest BCUT2D eigenvalue weighted by molar-refractivity contribution is -0.179. The van der Waals surface area contributed by atoms with Gasteiger partial charge < -0.3 is 10.3 Å². The normalized spacial score (nSPS) is 20.0. The van der Waals surface area contributed by atoms with Gasteiger partial charge in [-0.1, -0.05) is 18.5 Å². The highest BCUT2D eigenvalue weighted by molar-refractivity contribution is 6.30. The molecule has 1 atom stereocenters. The molecule has 0 spiro atoms. The van der Waals surface area contributed by atoms with Crippen LogP contribution in [0.5, 0.6) is 0 Å². The number of hydrogen-bond acceptors (Lipinski definition) is 2. The van der Waals surface area contributed by atoms with Crippen LogP contribution in [0.4, 0.5) is 24.5 Å². The van der Waals surface area contributed by atoms with Crippen LogP contribution in [0, 0.1) is 0 Å². The van der Waals surface area contributed by atoms with Crippen molar-refractivity contribution in [2.24, 2.45) is 0 Å². The summed E-state index contributed by atoms with van der Waals surface area (Å²) in [5, 5.41) is 3.01. The Kier molecular flexibility index (Phi) is 3.25. The summed E-state index contributed by atoms with van der Waals surface area (Å²) >= 11 is 5.91. The molecule has 0 fully saturated rings. The van der Waals surface area contributed by atoms with Crippen molar-refractivity contribution in [1.29, 1.82) is 0 Å². The number of anilines is 2. The monoisotopic (exact) mass is 328 g/mol. The predicted molar refractivity (Wildman–Crippen MR) is 78.9 cm³/mol. The van der Waals surface area contributed by atoms with E-state index >= 15 is 0 Å². The Labute approximate surface area is 129 Å². The highest BCUT2D eigenvalue weighted by Gasteiger charge is 2.59. The zero-order chi connectivity index (χ0) is 16.1. The average molecular weight is 329 g/mol. The number of fused-ring (bicyclic) bond motifs is 2. The maximum absolute atomic E-state index is 14.0. The van der Waals surface area contributed by atoms with Gasteiger partial charge in [0.15, 0.2) is 0 Å². The molecule has 2 heterocycles. The van der Waals surface area contributed by atoms with Gasteiger partial charge >= 0.3 is 6.18 Å². The molecule has 0 amide bonds. The van der Waals surface area contributed by atoms with Crippen molar-refractivity contribution in [3.63, 3.8) is 0 Å². The Bertz CT molecular complexity index is 800. The van der Waals surface area contributed by atoms with E-state index in [1.165, 1.54) is 37.4 Å². The first-order chi connectivity index (χ1) is 10.3. The van der Waals surface area contributed by atoms with E-state index in [2.05, 4.69) is 10.3 Å². The quantitative estimate of drug-likeness (QED) is 0.817. The number of pyridine rings is 1. The molecular formula is C15H12ClF3N2O. The summed E-state index contributed by atoms with van der Waals surface area (Å²) < 4.78 is 42.1. The predicted octanol–water partition coefficient (Wildman–Crippen LogP) is 4.34. The van der Waals surface area contributed by atoms with Crippen LogP contribution in [0.15, 0.2) is 35.3 Å². The highest BCUT2D eigenvalue weighted by atomic mass is 35.5. The lowest BCUT2D eigenvalue weighted by atomic mass is 9.69. The first-order valence-electron chi connectivity index (χ1n) is 6.67. The number of aromatic amines is 1. The Morgan fingerprint density at radius 1 is 1.23 bits per heavy atom. The lowest BCUT2D eigenvalue weighted by Gasteiger charge is -2.41. The van der Waals surface area contributed by atoms with Gasteiger partial charge in [0.25, 0.3) is 5.56 Å². The fraction of sp³-hybridized carbons (Fsp3) is 0.267. The third-order valence-electron chi connectivity index (χ3n) is 4.14. The first kappa shape index (κ1) is 15.0. The maximum atomic E-state index is 14.0. The lowest BCUT2D eigenvalue weighted by Crippen LogP contribution is -2.46. The van der Waals surface area contributed by atoms with Gasteiger partial charge in [-0.05, 0) is 36.2 Å². The Morgan fingerprint density at radius 2 is 1.95 bits per heavy atom. The Hall–Kier alpha value is -1.95. The van der Waals surface area contributed by atoms with Crippen LogP contribution < -0.4 is 10.9 Å². The molecule has 2 aromatic rings. The second-order valence-electron chi connectivity index (χ2n) is 5.17. The van der Waals surface area contributed by atoms with E-state index in [-0.39, 0.29) is 33.9 Å². The molecule has 0 radical (unpaired) electrons. The van der Waals surface area contributed by atoms with Crippen LogP contribution in [0.2, 0.25) is 5.02 Å². The van der Waals surface area contributed by atoms with Crippen LogP contribution in [0.3, 0.4) is 0 Å². The molecule has 1 aromatic carbocycles. The molecule has 0 aliphatic carbocycles. The van der Waals surface area contributed by atoms with Crippen molar-refractivity contribution in [3.8, 4) is 0 Å². The fourth-order valence-corrected chi connectivity index (χ4v) is 3.28. The minimum absolute atomic E-state index is 0.0353. The number of halogens is 4. The number of nitrogens with one attached hydrogen (secondary N) is 2. The van der Waals surface area contributed by atoms with Gasteiger partial charge in [-0.2, -0.15) is 13.2 Å². The molecule has 0 saturated carbocycles. The molecule has 0 bridgehead atoms. The van der Waals surface area contributed by atoms with Gasteiger partial charge in [-0.3, -0.25) is 4.79 Å². The molecule has 3 rings (SSSR count). The second kappa shape index (κ2) is 4.78. The van der Waals surface area contributed by atoms with Gasteiger partial charge in [0.1, 0.15) is 11.1 Å². The van der Waals surface area contributed by atoms with Crippen LogP contribution in [0.1, 0.15) is 24.5 Å². The zero-order valence-corrected chi connectivity index (χ0v) is 12.3. The van der Waals surface area contributed by atoms with E-state index in [0.717, 1.165) is 0 Å². The zero-order valence-electron chi connectivity index (χ0n) is 11.5. The Balaban J connectivity index is 2.45. The SMILES string of the molecule is CCC1(C(F)(F)F)c2cc(Cl)ccc2Nc2c1cc[nH]c2=O. The molecule has 3 nitrogen and oxygen atoms in total. The summed E-state index contributed by atoms with van der Waals surface area (Å²) in [5.41, 5.74) is -2.72. The van der Waals surface area contributed by atoms with Crippen molar-refractivity contribution in [2.75, 3.05) is 5.32 Å². The molecule has 7 heteroatoms. The van der Waals surface area contributed by atoms with Gasteiger partial charge in [-0.25, -0.2) is 0 Å². The minimum atomic E-state index is -4.56. The van der Waals surface area contributed by atoms with Gasteiger partial charge in [0.05, 0.1) is 0 Å². The van der Waals surface area contributed by atoms with Crippen LogP contribution in [-0.2, 0) is 5.41 Å². The van der Waals surface area contributed by atoms with E-state index in [1.54, 1.807) is 0 Å². The summed E-state index contributed by atoms with van der Waals surface area (Å²) in [4.78, 5) is 14.4. The Morgan fingerprint density at radius 3 is 2.59 bits per heavy atom. The van der Waals surface area contributed by atoms with Crippen molar-refractivity contribution < 1.29 is 13.2 Å². The van der Waals surface area contributed by atoms with Crippen molar-refractivity contribution in [3.05, 3.63) is 57.0 Å². The largest absolute Gasteiger partial charge is 0.402 e. The van der Waals surface area contributed by atoms with E-state index in [0.29, 0.717) is 0 Å². The number of aromatic nitrogens is 1. The molecule has 1 unspecified atom stereocenters. The van der Waals surface area contributed by atoms with Crippen LogP contribution in [0.25, 0.3) is 0 Å². The summed E-state index contributed by atoms with van der Waals surface area (Å²) in [6.07, 6.45) is -3.57. The maximum Gasteiger partial charge on any atom is 0.402 e. The number of hydrogen-bond donors (Lipinski definition) is 2. The smallest absolute Gasteiger partial charge is 0.351 e. The summed E-state index contributed by atoms with van der Waals surface area (Å²) in [6.45, 7) is 1.45. The van der Waals surface area contributed by atoms with Gasteiger partial charge in [-0.15, -0.1) is 0 Å². The fourth-order valence-electron chi connectivity index (χ4n) is 3.10. The first-order valence-corrected chi connectivity index (χ1v) is 7.05. The second-order valence-corrected chi connectivity index (χ2v) is 5.60. The third kappa shape index (κ3) is 1.86. The molecule has 1 aliphatic heterocycles. The number of alkyl halides is 3. The van der Waals surface area contributed by atoms with E-state index in [4.69, 9.17) is 11.6 Å². The van der Waals surface area contributed by atoms with E-state index < -0.39 is 17.2 Å². The molecule has 22 heavy (non-hydrogen) atoms. The molecule has 116 valence electrons. The van der Waals surface area contributed by atoms with Crippen LogP contribution >= 0.6 is 11.6 Å². The minimum Gasteiger partial charge on any atom is -0.351 e. The molecule has 1 aromatic heterocycles. The molecular weight excluding hydrogens is 317 g/mol. The third-order valence-corrected chi connectivity index (χ3v) is 4.37. The van der Waals surface area contributed by atoms with Gasteiger partial charge in [0, 0.05) is 22.5 Å². The average Bonchev–Trinajstić information content (AvgIpc) is 2.44. The van der Waals surface area contributed by atoms with Crippen LogP contribution in [-0.4, -0.2) is 11.2 Å². The highest BCUT2D eigenvalue weighted by Crippen LogP contribution is 2.55. The molecule has 1 aliphatic rings.